The average Bonchev–Trinajstić information content (AvgIpc) is 3.24. The molecule has 1 N–H and O–H groups in total. The number of hydrogen-bond acceptors (Lipinski definition) is 5. The number of aromatic nitrogens is 2. The van der Waals surface area contributed by atoms with Crippen molar-refractivity contribution in [2.24, 2.45) is 0 Å². The number of nitrogens with zero attached hydrogens (tertiary/aromatic N) is 2. The van der Waals surface area contributed by atoms with Crippen LogP contribution in [-0.2, 0) is 6.54 Å². The Kier molecular flexibility index (Phi) is 3.18. The minimum absolute atomic E-state index is 0.279. The van der Waals surface area contributed by atoms with Gasteiger partial charge in [-0.25, -0.2) is 9.97 Å². The van der Waals surface area contributed by atoms with Crippen LogP contribution in [0.5, 0.6) is 11.5 Å². The predicted molar refractivity (Wildman–Crippen MR) is 81.6 cm³/mol. The molecule has 1 aromatic carbocycles. The molecular weight excluding hydrogens is 334 g/mol. The summed E-state index contributed by atoms with van der Waals surface area (Å²) in [5, 5.41) is 3.33. The van der Waals surface area contributed by atoms with E-state index in [9.17, 15) is 0 Å². The fourth-order valence-corrected chi connectivity index (χ4v) is 2.93. The number of ether oxygens (including phenoxy) is 2. The molecular formula is C15H14BrN3O2. The molecule has 108 valence electrons. The first-order valence-electron chi connectivity index (χ1n) is 6.94. The topological polar surface area (TPSA) is 56.3 Å². The lowest BCUT2D eigenvalue weighted by Crippen LogP contribution is -2.03. The summed E-state index contributed by atoms with van der Waals surface area (Å²) in [5.74, 6) is 3.93. The van der Waals surface area contributed by atoms with E-state index in [-0.39, 0.29) is 6.79 Å². The van der Waals surface area contributed by atoms with E-state index in [4.69, 9.17) is 9.47 Å². The summed E-state index contributed by atoms with van der Waals surface area (Å²) < 4.78 is 11.7. The van der Waals surface area contributed by atoms with Gasteiger partial charge in [-0.15, -0.1) is 0 Å². The van der Waals surface area contributed by atoms with E-state index in [2.05, 4.69) is 31.2 Å². The summed E-state index contributed by atoms with van der Waals surface area (Å²) in [7, 11) is 0. The lowest BCUT2D eigenvalue weighted by atomic mass is 10.2. The number of anilines is 1. The molecule has 0 radical (unpaired) electrons. The summed E-state index contributed by atoms with van der Waals surface area (Å²) in [6.45, 7) is 0.956. The highest BCUT2D eigenvalue weighted by Crippen LogP contribution is 2.40. The molecule has 6 heteroatoms. The maximum absolute atomic E-state index is 5.43. The number of benzene rings is 1. The van der Waals surface area contributed by atoms with Crippen LogP contribution in [0.4, 0.5) is 5.82 Å². The van der Waals surface area contributed by atoms with Crippen molar-refractivity contribution in [3.05, 3.63) is 40.3 Å². The molecule has 0 saturated heterocycles. The molecule has 5 nitrogen and oxygen atoms in total. The molecule has 1 fully saturated rings. The molecule has 0 atom stereocenters. The number of halogens is 1. The first kappa shape index (κ1) is 12.9. The van der Waals surface area contributed by atoms with Crippen LogP contribution in [0.2, 0.25) is 0 Å². The van der Waals surface area contributed by atoms with E-state index in [1.165, 1.54) is 12.8 Å². The summed E-state index contributed by atoms with van der Waals surface area (Å²) in [6.07, 6.45) is 4.23. The van der Waals surface area contributed by atoms with Gasteiger partial charge in [-0.2, -0.15) is 0 Å². The van der Waals surface area contributed by atoms with Crippen molar-refractivity contribution < 1.29 is 9.47 Å². The standard InChI is InChI=1S/C15H14BrN3O2/c16-11-5-9(6-12-14(11)21-8-20-12)7-18-13-3-4-17-15(19-13)10-1-2-10/h3-6,10H,1-2,7-8H2,(H,17,18,19). The van der Waals surface area contributed by atoms with E-state index < -0.39 is 0 Å². The van der Waals surface area contributed by atoms with E-state index in [1.54, 1.807) is 0 Å². The first-order valence-corrected chi connectivity index (χ1v) is 7.74. The Balaban J connectivity index is 1.49. The van der Waals surface area contributed by atoms with E-state index in [1.807, 2.05) is 24.4 Å². The van der Waals surface area contributed by atoms with Crippen molar-refractivity contribution in [3.8, 4) is 11.5 Å². The molecule has 1 aliphatic heterocycles. The van der Waals surface area contributed by atoms with Gasteiger partial charge in [0.15, 0.2) is 11.5 Å². The van der Waals surface area contributed by atoms with Gasteiger partial charge >= 0.3 is 0 Å². The van der Waals surface area contributed by atoms with Gasteiger partial charge in [0.2, 0.25) is 6.79 Å². The zero-order valence-electron chi connectivity index (χ0n) is 11.3. The molecule has 2 aromatic rings. The quantitative estimate of drug-likeness (QED) is 0.917. The van der Waals surface area contributed by atoms with Gasteiger partial charge in [-0.3, -0.25) is 0 Å². The number of fused-ring (bicyclic) bond motifs is 1. The van der Waals surface area contributed by atoms with Crippen LogP contribution in [0.15, 0.2) is 28.9 Å². The highest BCUT2D eigenvalue weighted by molar-refractivity contribution is 9.10. The zero-order valence-corrected chi connectivity index (χ0v) is 12.9. The first-order chi connectivity index (χ1) is 10.3. The van der Waals surface area contributed by atoms with Crippen molar-refractivity contribution in [2.45, 2.75) is 25.3 Å². The number of nitrogens with one attached hydrogen (secondary N) is 1. The van der Waals surface area contributed by atoms with E-state index in [0.29, 0.717) is 12.5 Å². The SMILES string of the molecule is Brc1cc(CNc2ccnc(C3CC3)n2)cc2c1OCO2. The molecule has 1 aromatic heterocycles. The largest absolute Gasteiger partial charge is 0.454 e. The van der Waals surface area contributed by atoms with Crippen molar-refractivity contribution in [2.75, 3.05) is 12.1 Å². The molecule has 0 amide bonds. The molecule has 1 saturated carbocycles. The smallest absolute Gasteiger partial charge is 0.231 e. The molecule has 2 aliphatic rings. The summed E-state index contributed by atoms with van der Waals surface area (Å²) >= 11 is 3.50. The fraction of sp³-hybridized carbons (Fsp3) is 0.333. The second kappa shape index (κ2) is 5.18. The molecule has 0 spiro atoms. The van der Waals surface area contributed by atoms with E-state index in [0.717, 1.165) is 33.2 Å². The predicted octanol–water partition coefficient (Wildman–Crippen LogP) is 3.46. The minimum Gasteiger partial charge on any atom is -0.454 e. The van der Waals surface area contributed by atoms with E-state index >= 15 is 0 Å². The molecule has 1 aliphatic carbocycles. The van der Waals surface area contributed by atoms with Gasteiger partial charge in [0.05, 0.1) is 4.47 Å². The normalized spacial score (nSPS) is 16.0. The Hall–Kier alpha value is -1.82. The number of hydrogen-bond donors (Lipinski definition) is 1. The maximum Gasteiger partial charge on any atom is 0.231 e. The van der Waals surface area contributed by atoms with Crippen LogP contribution < -0.4 is 14.8 Å². The lowest BCUT2D eigenvalue weighted by Gasteiger charge is -2.08. The summed E-state index contributed by atoms with van der Waals surface area (Å²) in [5.41, 5.74) is 1.11. The van der Waals surface area contributed by atoms with Gasteiger partial charge in [-0.05, 0) is 52.5 Å². The molecule has 2 heterocycles. The minimum atomic E-state index is 0.279. The Bertz CT molecular complexity index is 689. The lowest BCUT2D eigenvalue weighted by molar-refractivity contribution is 0.173. The van der Waals surface area contributed by atoms with Gasteiger partial charge in [0.1, 0.15) is 11.6 Å². The highest BCUT2D eigenvalue weighted by atomic mass is 79.9. The molecule has 0 bridgehead atoms. The Labute approximate surface area is 130 Å². The van der Waals surface area contributed by atoms with Crippen molar-refractivity contribution in [1.29, 1.82) is 0 Å². The van der Waals surface area contributed by atoms with Crippen LogP contribution in [0.25, 0.3) is 0 Å². The molecule has 0 unspecified atom stereocenters. The second-order valence-corrected chi connectivity index (χ2v) is 6.09. The van der Waals surface area contributed by atoms with Crippen LogP contribution in [-0.4, -0.2) is 16.8 Å². The average molecular weight is 348 g/mol. The van der Waals surface area contributed by atoms with Crippen molar-refractivity contribution >= 4 is 21.7 Å². The molecule has 21 heavy (non-hydrogen) atoms. The summed E-state index contributed by atoms with van der Waals surface area (Å²) in [4.78, 5) is 8.88. The van der Waals surface area contributed by atoms with Crippen LogP contribution in [0.1, 0.15) is 30.1 Å². The maximum atomic E-state index is 5.43. The Morgan fingerprint density at radius 1 is 1.29 bits per heavy atom. The summed E-state index contributed by atoms with van der Waals surface area (Å²) in [6, 6.07) is 5.92. The van der Waals surface area contributed by atoms with Gasteiger partial charge < -0.3 is 14.8 Å². The van der Waals surface area contributed by atoms with Gasteiger partial charge in [-0.1, -0.05) is 0 Å². The monoisotopic (exact) mass is 347 g/mol. The Morgan fingerprint density at radius 2 is 2.19 bits per heavy atom. The van der Waals surface area contributed by atoms with Crippen LogP contribution in [0.3, 0.4) is 0 Å². The van der Waals surface area contributed by atoms with Gasteiger partial charge in [0, 0.05) is 18.7 Å². The number of rotatable bonds is 4. The fourth-order valence-electron chi connectivity index (χ4n) is 2.33. The van der Waals surface area contributed by atoms with Crippen molar-refractivity contribution in [3.63, 3.8) is 0 Å². The third kappa shape index (κ3) is 2.68. The third-order valence-corrected chi connectivity index (χ3v) is 4.17. The van der Waals surface area contributed by atoms with Crippen molar-refractivity contribution in [1.82, 2.24) is 9.97 Å². The van der Waals surface area contributed by atoms with Crippen LogP contribution >= 0.6 is 15.9 Å². The zero-order chi connectivity index (χ0) is 14.2. The Morgan fingerprint density at radius 3 is 3.05 bits per heavy atom. The highest BCUT2D eigenvalue weighted by Gasteiger charge is 2.26. The molecule has 4 rings (SSSR count). The third-order valence-electron chi connectivity index (χ3n) is 3.58. The van der Waals surface area contributed by atoms with Gasteiger partial charge in [0.25, 0.3) is 0 Å². The second-order valence-electron chi connectivity index (χ2n) is 5.24. The van der Waals surface area contributed by atoms with Crippen LogP contribution in [0, 0.1) is 0 Å².